The van der Waals surface area contributed by atoms with E-state index in [9.17, 15) is 9.59 Å². The Labute approximate surface area is 180 Å². The van der Waals surface area contributed by atoms with E-state index >= 15 is 0 Å². The number of carbonyl (C=O) groups excluding carboxylic acids is 2. The summed E-state index contributed by atoms with van der Waals surface area (Å²) in [6.07, 6.45) is 1.04. The number of amides is 2. The average molecular weight is 435 g/mol. The molecular formula is C21H27ClN4O2S. The number of halogens is 1. The molecular weight excluding hydrogens is 408 g/mol. The van der Waals surface area contributed by atoms with E-state index in [-0.39, 0.29) is 17.9 Å². The number of thiazole rings is 1. The van der Waals surface area contributed by atoms with Gasteiger partial charge in [0.1, 0.15) is 0 Å². The SMILES string of the molecule is CC(C)NC(=O)CN1CCN(C(=O)Cc2csc(Cc3cccc(Cl)c3)n2)CC1. The number of nitrogens with one attached hydrogen (secondary N) is 1. The maximum absolute atomic E-state index is 12.6. The van der Waals surface area contributed by atoms with Crippen LogP contribution in [0, 0.1) is 0 Å². The van der Waals surface area contributed by atoms with Gasteiger partial charge in [0.15, 0.2) is 0 Å². The third-order valence-electron chi connectivity index (χ3n) is 4.72. The van der Waals surface area contributed by atoms with Gasteiger partial charge < -0.3 is 10.2 Å². The Morgan fingerprint density at radius 1 is 1.24 bits per heavy atom. The number of aromatic nitrogens is 1. The molecule has 1 fully saturated rings. The molecule has 1 aromatic heterocycles. The summed E-state index contributed by atoms with van der Waals surface area (Å²) in [5.74, 6) is 0.130. The second kappa shape index (κ2) is 10.2. The van der Waals surface area contributed by atoms with Crippen LogP contribution in [-0.2, 0) is 22.4 Å². The summed E-state index contributed by atoms with van der Waals surface area (Å²) >= 11 is 7.61. The monoisotopic (exact) mass is 434 g/mol. The van der Waals surface area contributed by atoms with Gasteiger partial charge in [-0.2, -0.15) is 0 Å². The highest BCUT2D eigenvalue weighted by Crippen LogP contribution is 2.18. The molecule has 0 radical (unpaired) electrons. The van der Waals surface area contributed by atoms with Crippen LogP contribution in [-0.4, -0.2) is 65.4 Å². The van der Waals surface area contributed by atoms with Crippen molar-refractivity contribution < 1.29 is 9.59 Å². The fourth-order valence-corrected chi connectivity index (χ4v) is 4.37. The minimum atomic E-state index is 0.0366. The number of benzene rings is 1. The minimum Gasteiger partial charge on any atom is -0.353 e. The molecule has 0 spiro atoms. The maximum atomic E-state index is 12.6. The van der Waals surface area contributed by atoms with E-state index in [0.717, 1.165) is 27.7 Å². The zero-order chi connectivity index (χ0) is 20.8. The number of hydrogen-bond donors (Lipinski definition) is 1. The van der Waals surface area contributed by atoms with Crippen LogP contribution in [0.3, 0.4) is 0 Å². The second-order valence-electron chi connectivity index (χ2n) is 7.60. The fraction of sp³-hybridized carbons (Fsp3) is 0.476. The summed E-state index contributed by atoms with van der Waals surface area (Å²) in [7, 11) is 0. The van der Waals surface area contributed by atoms with Gasteiger partial charge in [0, 0.05) is 49.0 Å². The highest BCUT2D eigenvalue weighted by atomic mass is 35.5. The van der Waals surface area contributed by atoms with Crippen molar-refractivity contribution in [2.75, 3.05) is 32.7 Å². The quantitative estimate of drug-likeness (QED) is 0.727. The first-order valence-corrected chi connectivity index (χ1v) is 11.1. The van der Waals surface area contributed by atoms with Crippen LogP contribution in [0.15, 0.2) is 29.6 Å². The van der Waals surface area contributed by atoms with Crippen LogP contribution < -0.4 is 5.32 Å². The molecule has 2 aromatic rings. The van der Waals surface area contributed by atoms with E-state index in [1.54, 1.807) is 11.3 Å². The first-order chi connectivity index (χ1) is 13.9. The topological polar surface area (TPSA) is 65.5 Å². The van der Waals surface area contributed by atoms with Crippen molar-refractivity contribution in [3.05, 3.63) is 50.9 Å². The Balaban J connectivity index is 1.45. The van der Waals surface area contributed by atoms with Crippen LogP contribution in [0.5, 0.6) is 0 Å². The zero-order valence-electron chi connectivity index (χ0n) is 16.9. The van der Waals surface area contributed by atoms with E-state index in [1.165, 1.54) is 0 Å². The van der Waals surface area contributed by atoms with Crippen molar-refractivity contribution in [2.24, 2.45) is 0 Å². The number of piperazine rings is 1. The molecule has 0 atom stereocenters. The summed E-state index contributed by atoms with van der Waals surface area (Å²) in [6, 6.07) is 7.90. The van der Waals surface area contributed by atoms with Crippen LogP contribution in [0.2, 0.25) is 5.02 Å². The van der Waals surface area contributed by atoms with E-state index in [2.05, 4.69) is 15.2 Å². The molecule has 0 bridgehead atoms. The third kappa shape index (κ3) is 6.80. The van der Waals surface area contributed by atoms with Crippen molar-refractivity contribution in [1.82, 2.24) is 20.1 Å². The molecule has 1 aliphatic heterocycles. The van der Waals surface area contributed by atoms with Gasteiger partial charge >= 0.3 is 0 Å². The largest absolute Gasteiger partial charge is 0.353 e. The summed E-state index contributed by atoms with van der Waals surface area (Å²) in [5.41, 5.74) is 1.93. The van der Waals surface area contributed by atoms with Crippen LogP contribution in [0.25, 0.3) is 0 Å². The van der Waals surface area contributed by atoms with Gasteiger partial charge in [-0.3, -0.25) is 14.5 Å². The van der Waals surface area contributed by atoms with Gasteiger partial charge in [-0.05, 0) is 31.5 Å². The molecule has 156 valence electrons. The Morgan fingerprint density at radius 3 is 2.69 bits per heavy atom. The molecule has 0 unspecified atom stereocenters. The molecule has 1 aliphatic rings. The average Bonchev–Trinajstić information content (AvgIpc) is 3.08. The first-order valence-electron chi connectivity index (χ1n) is 9.86. The van der Waals surface area contributed by atoms with Crippen LogP contribution >= 0.6 is 22.9 Å². The summed E-state index contributed by atoms with van der Waals surface area (Å²) in [4.78, 5) is 33.1. The second-order valence-corrected chi connectivity index (χ2v) is 8.97. The third-order valence-corrected chi connectivity index (χ3v) is 5.85. The fourth-order valence-electron chi connectivity index (χ4n) is 3.33. The first kappa shape index (κ1) is 21.7. The van der Waals surface area contributed by atoms with E-state index in [0.29, 0.717) is 39.1 Å². The highest BCUT2D eigenvalue weighted by molar-refractivity contribution is 7.09. The summed E-state index contributed by atoms with van der Waals surface area (Å²) in [6.45, 7) is 7.02. The molecule has 0 aliphatic carbocycles. The molecule has 8 heteroatoms. The smallest absolute Gasteiger partial charge is 0.234 e. The summed E-state index contributed by atoms with van der Waals surface area (Å²) < 4.78 is 0. The molecule has 29 heavy (non-hydrogen) atoms. The minimum absolute atomic E-state index is 0.0366. The lowest BCUT2D eigenvalue weighted by Gasteiger charge is -2.34. The molecule has 1 aromatic carbocycles. The van der Waals surface area contributed by atoms with E-state index < -0.39 is 0 Å². The number of carbonyl (C=O) groups is 2. The molecule has 2 heterocycles. The highest BCUT2D eigenvalue weighted by Gasteiger charge is 2.23. The van der Waals surface area contributed by atoms with E-state index in [1.807, 2.05) is 48.4 Å². The zero-order valence-corrected chi connectivity index (χ0v) is 18.4. The Kier molecular flexibility index (Phi) is 7.64. The Hall–Kier alpha value is -1.96. The lowest BCUT2D eigenvalue weighted by Crippen LogP contribution is -2.51. The molecule has 0 saturated carbocycles. The molecule has 1 saturated heterocycles. The van der Waals surface area contributed by atoms with Gasteiger partial charge in [-0.1, -0.05) is 23.7 Å². The lowest BCUT2D eigenvalue weighted by molar-refractivity contribution is -0.132. The maximum Gasteiger partial charge on any atom is 0.234 e. The molecule has 2 amide bonds. The van der Waals surface area contributed by atoms with Gasteiger partial charge in [0.2, 0.25) is 11.8 Å². The van der Waals surface area contributed by atoms with E-state index in [4.69, 9.17) is 11.6 Å². The number of nitrogens with zero attached hydrogens (tertiary/aromatic N) is 3. The molecule has 3 rings (SSSR count). The normalized spacial score (nSPS) is 15.0. The van der Waals surface area contributed by atoms with Crippen LogP contribution in [0.1, 0.15) is 30.1 Å². The predicted octanol–water partition coefficient (Wildman–Crippen LogP) is 2.60. The van der Waals surface area contributed by atoms with Crippen molar-refractivity contribution in [3.8, 4) is 0 Å². The molecule has 6 nitrogen and oxygen atoms in total. The molecule has 1 N–H and O–H groups in total. The standard InChI is InChI=1S/C21H27ClN4O2S/c1-15(2)23-19(27)13-25-6-8-26(9-7-25)21(28)12-18-14-29-20(24-18)11-16-4-3-5-17(22)10-16/h3-5,10,14-15H,6-9,11-13H2,1-2H3,(H,23,27). The Morgan fingerprint density at radius 2 is 2.00 bits per heavy atom. The van der Waals surface area contributed by atoms with Gasteiger partial charge in [-0.15, -0.1) is 11.3 Å². The van der Waals surface area contributed by atoms with Crippen molar-refractivity contribution >= 4 is 34.8 Å². The van der Waals surface area contributed by atoms with Gasteiger partial charge in [0.05, 0.1) is 23.7 Å². The predicted molar refractivity (Wildman–Crippen MR) is 116 cm³/mol. The van der Waals surface area contributed by atoms with Crippen molar-refractivity contribution in [1.29, 1.82) is 0 Å². The van der Waals surface area contributed by atoms with Gasteiger partial charge in [-0.25, -0.2) is 4.98 Å². The lowest BCUT2D eigenvalue weighted by atomic mass is 10.2. The van der Waals surface area contributed by atoms with Crippen molar-refractivity contribution in [2.45, 2.75) is 32.7 Å². The van der Waals surface area contributed by atoms with Crippen molar-refractivity contribution in [3.63, 3.8) is 0 Å². The summed E-state index contributed by atoms with van der Waals surface area (Å²) in [5, 5.41) is 6.57. The van der Waals surface area contributed by atoms with Gasteiger partial charge in [0.25, 0.3) is 0 Å². The Bertz CT molecular complexity index is 847. The number of hydrogen-bond acceptors (Lipinski definition) is 5. The number of rotatable bonds is 7. The van der Waals surface area contributed by atoms with Crippen LogP contribution in [0.4, 0.5) is 0 Å².